The molecule has 1 aromatic rings. The summed E-state index contributed by atoms with van der Waals surface area (Å²) in [5, 5.41) is 2.41. The molecule has 0 spiro atoms. The van der Waals surface area contributed by atoms with E-state index in [2.05, 4.69) is 26.0 Å². The molecular formula is C11H12BrNO4. The molecule has 0 saturated heterocycles. The largest absolute Gasteiger partial charge is 0.495 e. The second-order valence-electron chi connectivity index (χ2n) is 3.02. The molecule has 1 amide bonds. The summed E-state index contributed by atoms with van der Waals surface area (Å²) >= 11 is 3.28. The van der Waals surface area contributed by atoms with Gasteiger partial charge in [0.2, 0.25) is 0 Å². The highest BCUT2D eigenvalue weighted by atomic mass is 79.9. The van der Waals surface area contributed by atoms with E-state index in [4.69, 9.17) is 4.74 Å². The van der Waals surface area contributed by atoms with Crippen molar-refractivity contribution in [3.8, 4) is 5.75 Å². The maximum atomic E-state index is 11.3. The number of halogens is 1. The van der Waals surface area contributed by atoms with E-state index in [1.54, 1.807) is 25.1 Å². The lowest BCUT2D eigenvalue weighted by Gasteiger charge is -2.07. The van der Waals surface area contributed by atoms with E-state index in [0.29, 0.717) is 11.4 Å². The molecule has 17 heavy (non-hydrogen) atoms. The number of carbonyl (C=O) groups is 2. The van der Waals surface area contributed by atoms with Gasteiger partial charge in [-0.1, -0.05) is 0 Å². The molecule has 0 aliphatic rings. The number of hydrogen-bond acceptors (Lipinski definition) is 4. The highest BCUT2D eigenvalue weighted by Crippen LogP contribution is 2.27. The van der Waals surface area contributed by atoms with E-state index in [1.807, 2.05) is 0 Å². The summed E-state index contributed by atoms with van der Waals surface area (Å²) in [6.45, 7) is 1.80. The fourth-order valence-corrected chi connectivity index (χ4v) is 1.52. The lowest BCUT2D eigenvalue weighted by molar-refractivity contribution is -0.152. The Morgan fingerprint density at radius 3 is 2.71 bits per heavy atom. The first-order valence-corrected chi connectivity index (χ1v) is 5.69. The highest BCUT2D eigenvalue weighted by molar-refractivity contribution is 9.10. The van der Waals surface area contributed by atoms with Gasteiger partial charge in [-0.25, -0.2) is 4.79 Å². The maximum Gasteiger partial charge on any atom is 0.397 e. The first-order valence-electron chi connectivity index (χ1n) is 4.90. The second-order valence-corrected chi connectivity index (χ2v) is 3.88. The Hall–Kier alpha value is -1.56. The van der Waals surface area contributed by atoms with Gasteiger partial charge in [0.05, 0.1) is 18.2 Å². The van der Waals surface area contributed by atoms with Crippen LogP contribution < -0.4 is 10.1 Å². The van der Waals surface area contributed by atoms with Crippen LogP contribution in [0.5, 0.6) is 5.75 Å². The summed E-state index contributed by atoms with van der Waals surface area (Å²) in [6, 6.07) is 4.95. The molecule has 0 aliphatic carbocycles. The SMILES string of the molecule is CCOC(=O)C(=O)Nc1ccc(Br)c(OC)c1. The van der Waals surface area contributed by atoms with Crippen molar-refractivity contribution in [1.29, 1.82) is 0 Å². The predicted octanol–water partition coefficient (Wildman–Crippen LogP) is 1.96. The summed E-state index contributed by atoms with van der Waals surface area (Å²) in [7, 11) is 1.51. The van der Waals surface area contributed by atoms with Gasteiger partial charge in [-0.2, -0.15) is 0 Å². The van der Waals surface area contributed by atoms with Crippen molar-refractivity contribution in [1.82, 2.24) is 0 Å². The number of hydrogen-bond donors (Lipinski definition) is 1. The average Bonchev–Trinajstić information content (AvgIpc) is 2.31. The van der Waals surface area contributed by atoms with Gasteiger partial charge in [0.15, 0.2) is 0 Å². The molecule has 6 heteroatoms. The van der Waals surface area contributed by atoms with Crippen LogP contribution in [0.2, 0.25) is 0 Å². The van der Waals surface area contributed by atoms with Crippen LogP contribution in [0.25, 0.3) is 0 Å². The molecule has 0 atom stereocenters. The lowest BCUT2D eigenvalue weighted by Crippen LogP contribution is -2.24. The number of ether oxygens (including phenoxy) is 2. The van der Waals surface area contributed by atoms with Gasteiger partial charge in [-0.15, -0.1) is 0 Å². The lowest BCUT2D eigenvalue weighted by atomic mass is 10.3. The summed E-state index contributed by atoms with van der Waals surface area (Å²) in [5.74, 6) is -1.16. The minimum absolute atomic E-state index is 0.163. The average molecular weight is 302 g/mol. The van der Waals surface area contributed by atoms with Crippen LogP contribution >= 0.6 is 15.9 Å². The van der Waals surface area contributed by atoms with Gasteiger partial charge in [0, 0.05) is 11.8 Å². The van der Waals surface area contributed by atoms with Crippen molar-refractivity contribution >= 4 is 33.5 Å². The topological polar surface area (TPSA) is 64.6 Å². The molecule has 1 N–H and O–H groups in total. The Morgan fingerprint density at radius 2 is 2.12 bits per heavy atom. The van der Waals surface area contributed by atoms with Crippen LogP contribution in [0.3, 0.4) is 0 Å². The fourth-order valence-electron chi connectivity index (χ4n) is 1.12. The van der Waals surface area contributed by atoms with E-state index in [-0.39, 0.29) is 6.61 Å². The number of esters is 1. The number of benzene rings is 1. The van der Waals surface area contributed by atoms with E-state index in [9.17, 15) is 9.59 Å². The van der Waals surface area contributed by atoms with Crippen molar-refractivity contribution in [2.24, 2.45) is 0 Å². The van der Waals surface area contributed by atoms with Gasteiger partial charge >= 0.3 is 11.9 Å². The Bertz CT molecular complexity index is 433. The zero-order valence-corrected chi connectivity index (χ0v) is 11.0. The molecule has 0 bridgehead atoms. The molecule has 1 rings (SSSR count). The van der Waals surface area contributed by atoms with Crippen LogP contribution in [0.15, 0.2) is 22.7 Å². The number of anilines is 1. The first-order chi connectivity index (χ1) is 8.08. The van der Waals surface area contributed by atoms with Crippen molar-refractivity contribution in [3.63, 3.8) is 0 Å². The summed E-state index contributed by atoms with van der Waals surface area (Å²) in [4.78, 5) is 22.4. The Labute approximate surface area is 107 Å². The van der Waals surface area contributed by atoms with Crippen LogP contribution in [-0.2, 0) is 14.3 Å². The molecule has 0 aromatic heterocycles. The van der Waals surface area contributed by atoms with Gasteiger partial charge in [-0.3, -0.25) is 4.79 Å². The number of nitrogens with one attached hydrogen (secondary N) is 1. The molecule has 0 unspecified atom stereocenters. The summed E-state index contributed by atoms with van der Waals surface area (Å²) < 4.78 is 10.4. The van der Waals surface area contributed by atoms with Gasteiger partial charge < -0.3 is 14.8 Å². The number of carbonyl (C=O) groups excluding carboxylic acids is 2. The second kappa shape index (κ2) is 6.24. The van der Waals surface area contributed by atoms with Crippen LogP contribution in [0.4, 0.5) is 5.69 Å². The fraction of sp³-hybridized carbons (Fsp3) is 0.273. The minimum atomic E-state index is -0.908. The molecule has 0 saturated carbocycles. The van der Waals surface area contributed by atoms with Gasteiger partial charge in [0.1, 0.15) is 5.75 Å². The molecule has 0 heterocycles. The molecule has 0 fully saturated rings. The zero-order valence-electron chi connectivity index (χ0n) is 9.45. The van der Waals surface area contributed by atoms with Crippen molar-refractivity contribution < 1.29 is 19.1 Å². The quantitative estimate of drug-likeness (QED) is 0.685. The van der Waals surface area contributed by atoms with Crippen LogP contribution in [0.1, 0.15) is 6.92 Å². The Balaban J connectivity index is 2.75. The molecule has 1 aromatic carbocycles. The molecule has 0 radical (unpaired) electrons. The molecule has 5 nitrogen and oxygen atoms in total. The smallest absolute Gasteiger partial charge is 0.397 e. The monoisotopic (exact) mass is 301 g/mol. The third-order valence-electron chi connectivity index (χ3n) is 1.87. The van der Waals surface area contributed by atoms with Gasteiger partial charge in [-0.05, 0) is 35.0 Å². The third-order valence-corrected chi connectivity index (χ3v) is 2.52. The number of methoxy groups -OCH3 is 1. The summed E-state index contributed by atoms with van der Waals surface area (Å²) in [6.07, 6.45) is 0. The number of amides is 1. The minimum Gasteiger partial charge on any atom is -0.495 e. The van der Waals surface area contributed by atoms with Crippen molar-refractivity contribution in [3.05, 3.63) is 22.7 Å². The van der Waals surface area contributed by atoms with Crippen LogP contribution in [-0.4, -0.2) is 25.6 Å². The Morgan fingerprint density at radius 1 is 1.41 bits per heavy atom. The molecular weight excluding hydrogens is 290 g/mol. The van der Waals surface area contributed by atoms with E-state index in [1.165, 1.54) is 7.11 Å². The van der Waals surface area contributed by atoms with Crippen LogP contribution in [0, 0.1) is 0 Å². The predicted molar refractivity (Wildman–Crippen MR) is 66.0 cm³/mol. The third kappa shape index (κ3) is 3.74. The molecule has 0 aliphatic heterocycles. The Kier molecular flexibility index (Phi) is 4.96. The van der Waals surface area contributed by atoms with Crippen molar-refractivity contribution in [2.75, 3.05) is 19.0 Å². The van der Waals surface area contributed by atoms with E-state index >= 15 is 0 Å². The maximum absolute atomic E-state index is 11.3. The van der Waals surface area contributed by atoms with Gasteiger partial charge in [0.25, 0.3) is 0 Å². The zero-order chi connectivity index (χ0) is 12.8. The first kappa shape index (κ1) is 13.5. The van der Waals surface area contributed by atoms with E-state index in [0.717, 1.165) is 4.47 Å². The standard InChI is InChI=1S/C11H12BrNO4/c1-3-17-11(15)10(14)13-7-4-5-8(12)9(6-7)16-2/h4-6H,3H2,1-2H3,(H,13,14). The highest BCUT2D eigenvalue weighted by Gasteiger charge is 2.15. The van der Waals surface area contributed by atoms with Crippen molar-refractivity contribution in [2.45, 2.75) is 6.92 Å². The number of rotatable bonds is 3. The molecule has 92 valence electrons. The normalized spacial score (nSPS) is 9.59. The van der Waals surface area contributed by atoms with E-state index < -0.39 is 11.9 Å². The summed E-state index contributed by atoms with van der Waals surface area (Å²) in [5.41, 5.74) is 0.461.